The summed E-state index contributed by atoms with van der Waals surface area (Å²) in [5, 5.41) is 4.63. The smallest absolute Gasteiger partial charge is 0.0704 e. The summed E-state index contributed by atoms with van der Waals surface area (Å²) in [4.78, 5) is 1.59. The van der Waals surface area contributed by atoms with E-state index in [0.717, 1.165) is 5.25 Å². The van der Waals surface area contributed by atoms with E-state index < -0.39 is 0 Å². The monoisotopic (exact) mass is 363 g/mol. The van der Waals surface area contributed by atoms with Gasteiger partial charge in [0.15, 0.2) is 0 Å². The van der Waals surface area contributed by atoms with E-state index in [-0.39, 0.29) is 0 Å². The van der Waals surface area contributed by atoms with Crippen molar-refractivity contribution >= 4 is 50.8 Å². The van der Waals surface area contributed by atoms with E-state index in [1.807, 2.05) is 11.3 Å². The Bertz CT molecular complexity index is 401. The predicted molar refractivity (Wildman–Crippen MR) is 89.3 cm³/mol. The van der Waals surface area contributed by atoms with E-state index in [9.17, 15) is 0 Å². The van der Waals surface area contributed by atoms with Crippen molar-refractivity contribution in [2.24, 2.45) is 0 Å². The van der Waals surface area contributed by atoms with E-state index >= 15 is 0 Å². The summed E-state index contributed by atoms with van der Waals surface area (Å²) in [5.41, 5.74) is 1.56. The number of rotatable bonds is 3. The Kier molecular flexibility index (Phi) is 5.01. The normalized spacial score (nSPS) is 28.1. The molecule has 1 aromatic heterocycles. The van der Waals surface area contributed by atoms with Gasteiger partial charge in [-0.1, -0.05) is 0 Å². The highest BCUT2D eigenvalue weighted by molar-refractivity contribution is 9.11. The molecule has 0 spiro atoms. The second kappa shape index (κ2) is 6.53. The summed E-state index contributed by atoms with van der Waals surface area (Å²) in [6.07, 6.45) is 3.92. The Morgan fingerprint density at radius 2 is 2.33 bits per heavy atom. The van der Waals surface area contributed by atoms with E-state index in [1.54, 1.807) is 10.4 Å². The molecule has 0 bridgehead atoms. The molecular formula is C13H18BrNS3. The molecule has 1 aliphatic carbocycles. The summed E-state index contributed by atoms with van der Waals surface area (Å²) in [6.45, 7) is 1.18. The molecule has 5 heteroatoms. The molecule has 2 aliphatic rings. The zero-order valence-electron chi connectivity index (χ0n) is 10.3. The van der Waals surface area contributed by atoms with Crippen molar-refractivity contribution in [3.63, 3.8) is 0 Å². The van der Waals surface area contributed by atoms with Crippen molar-refractivity contribution in [1.82, 2.24) is 5.32 Å². The van der Waals surface area contributed by atoms with Crippen molar-refractivity contribution < 1.29 is 0 Å². The number of fused-ring (bicyclic) bond motifs is 1. The first-order valence-corrected chi connectivity index (χ1v) is 10.3. The Balaban J connectivity index is 1.59. The van der Waals surface area contributed by atoms with Crippen LogP contribution >= 0.6 is 50.8 Å². The summed E-state index contributed by atoms with van der Waals surface area (Å²) in [7, 11) is 0. The van der Waals surface area contributed by atoms with Crippen molar-refractivity contribution in [3.05, 3.63) is 20.3 Å². The first-order chi connectivity index (χ1) is 8.83. The number of nitrogens with one attached hydrogen (secondary N) is 1. The van der Waals surface area contributed by atoms with Crippen LogP contribution in [0.1, 0.15) is 29.3 Å². The van der Waals surface area contributed by atoms with Crippen molar-refractivity contribution in [2.75, 3.05) is 23.8 Å². The Morgan fingerprint density at radius 3 is 3.17 bits per heavy atom. The van der Waals surface area contributed by atoms with Crippen LogP contribution in [0.3, 0.4) is 0 Å². The second-order valence-corrected chi connectivity index (χ2v) is 9.92. The number of aryl methyl sites for hydroxylation is 1. The molecule has 2 heterocycles. The molecule has 1 aromatic rings. The third kappa shape index (κ3) is 3.29. The Morgan fingerprint density at radius 1 is 1.39 bits per heavy atom. The van der Waals surface area contributed by atoms with Gasteiger partial charge in [0.2, 0.25) is 0 Å². The number of hydrogen-bond donors (Lipinski definition) is 1. The molecule has 0 aromatic carbocycles. The fourth-order valence-electron chi connectivity index (χ4n) is 2.66. The third-order valence-electron chi connectivity index (χ3n) is 3.56. The molecular weight excluding hydrogens is 346 g/mol. The summed E-state index contributed by atoms with van der Waals surface area (Å²) in [6, 6.07) is 2.93. The molecule has 1 fully saturated rings. The number of halogens is 1. The van der Waals surface area contributed by atoms with E-state index in [0.29, 0.717) is 6.04 Å². The molecule has 1 nitrogen and oxygen atoms in total. The molecule has 2 unspecified atom stereocenters. The van der Waals surface area contributed by atoms with Crippen LogP contribution < -0.4 is 5.32 Å². The topological polar surface area (TPSA) is 12.0 Å². The van der Waals surface area contributed by atoms with E-state index in [4.69, 9.17) is 0 Å². The maximum atomic E-state index is 3.81. The Hall–Kier alpha value is 0.840. The van der Waals surface area contributed by atoms with Crippen molar-refractivity contribution in [3.8, 4) is 0 Å². The van der Waals surface area contributed by atoms with Gasteiger partial charge >= 0.3 is 0 Å². The second-order valence-electron chi connectivity index (χ2n) is 4.85. The molecule has 18 heavy (non-hydrogen) atoms. The van der Waals surface area contributed by atoms with E-state index in [2.05, 4.69) is 50.8 Å². The van der Waals surface area contributed by atoms with Crippen LogP contribution in [0.4, 0.5) is 0 Å². The summed E-state index contributed by atoms with van der Waals surface area (Å²) in [5.74, 6) is 3.99. The maximum Gasteiger partial charge on any atom is 0.0704 e. The number of thiophene rings is 1. The highest BCUT2D eigenvalue weighted by Crippen LogP contribution is 2.38. The quantitative estimate of drug-likeness (QED) is 0.858. The van der Waals surface area contributed by atoms with Gasteiger partial charge in [0.25, 0.3) is 0 Å². The molecule has 1 saturated heterocycles. The average molecular weight is 364 g/mol. The molecule has 0 amide bonds. The highest BCUT2D eigenvalue weighted by atomic mass is 79.9. The van der Waals surface area contributed by atoms with Crippen LogP contribution in [0.15, 0.2) is 9.85 Å². The lowest BCUT2D eigenvalue weighted by molar-refractivity contribution is 0.467. The van der Waals surface area contributed by atoms with Crippen molar-refractivity contribution in [2.45, 2.75) is 30.6 Å². The predicted octanol–water partition coefficient (Wildman–Crippen LogP) is 4.33. The first-order valence-electron chi connectivity index (χ1n) is 6.54. The van der Waals surface area contributed by atoms with Crippen LogP contribution in [-0.4, -0.2) is 29.1 Å². The van der Waals surface area contributed by atoms with Gasteiger partial charge in [-0.2, -0.15) is 23.5 Å². The van der Waals surface area contributed by atoms with Gasteiger partial charge in [0.1, 0.15) is 0 Å². The van der Waals surface area contributed by atoms with Crippen LogP contribution in [0.2, 0.25) is 0 Å². The van der Waals surface area contributed by atoms with Crippen LogP contribution in [0.5, 0.6) is 0 Å². The van der Waals surface area contributed by atoms with Gasteiger partial charge in [-0.15, -0.1) is 11.3 Å². The minimum Gasteiger partial charge on any atom is -0.309 e. The summed E-state index contributed by atoms with van der Waals surface area (Å²) < 4.78 is 1.30. The molecule has 100 valence electrons. The van der Waals surface area contributed by atoms with Gasteiger partial charge in [0, 0.05) is 40.0 Å². The fraction of sp³-hybridized carbons (Fsp3) is 0.692. The zero-order chi connectivity index (χ0) is 12.4. The SMILES string of the molecule is Brc1cc2c(s1)CCCC2NCC1CSCCS1. The minimum atomic E-state index is 0.601. The lowest BCUT2D eigenvalue weighted by Gasteiger charge is -2.27. The van der Waals surface area contributed by atoms with E-state index in [1.165, 1.54) is 46.9 Å². The van der Waals surface area contributed by atoms with Gasteiger partial charge in [-0.05, 0) is 46.8 Å². The van der Waals surface area contributed by atoms with Gasteiger partial charge in [0.05, 0.1) is 3.79 Å². The van der Waals surface area contributed by atoms with Gasteiger partial charge in [-0.25, -0.2) is 0 Å². The molecule has 1 aliphatic heterocycles. The molecule has 0 radical (unpaired) electrons. The van der Waals surface area contributed by atoms with Gasteiger partial charge < -0.3 is 5.32 Å². The van der Waals surface area contributed by atoms with Crippen molar-refractivity contribution in [1.29, 1.82) is 0 Å². The highest BCUT2D eigenvalue weighted by Gasteiger charge is 2.23. The van der Waals surface area contributed by atoms with Gasteiger partial charge in [-0.3, -0.25) is 0 Å². The largest absolute Gasteiger partial charge is 0.309 e. The molecule has 3 rings (SSSR count). The Labute approximate surface area is 130 Å². The fourth-order valence-corrected chi connectivity index (χ4v) is 7.11. The summed E-state index contributed by atoms with van der Waals surface area (Å²) >= 11 is 9.81. The minimum absolute atomic E-state index is 0.601. The standard InChI is InChI=1S/C13H18BrNS3/c14-13-6-10-11(2-1-3-12(10)18-13)15-7-9-8-16-4-5-17-9/h6,9,11,15H,1-5,7-8H2. The zero-order valence-corrected chi connectivity index (χ0v) is 14.3. The van der Waals surface area contributed by atoms with Crippen LogP contribution in [-0.2, 0) is 6.42 Å². The van der Waals surface area contributed by atoms with Crippen LogP contribution in [0.25, 0.3) is 0 Å². The first kappa shape index (κ1) is 13.8. The number of thioether (sulfide) groups is 2. The molecule has 0 saturated carbocycles. The third-order valence-corrected chi connectivity index (χ3v) is 8.12. The lowest BCUT2D eigenvalue weighted by atomic mass is 9.94. The number of hydrogen-bond acceptors (Lipinski definition) is 4. The molecule has 1 N–H and O–H groups in total. The lowest BCUT2D eigenvalue weighted by Crippen LogP contribution is -2.33. The van der Waals surface area contributed by atoms with Crippen LogP contribution in [0, 0.1) is 0 Å². The average Bonchev–Trinajstić information content (AvgIpc) is 2.78. The maximum absolute atomic E-state index is 3.81. The molecule has 2 atom stereocenters.